The van der Waals surface area contributed by atoms with Crippen LogP contribution in [0.15, 0.2) is 48.7 Å². The highest BCUT2D eigenvalue weighted by molar-refractivity contribution is 6.33. The molecule has 0 amide bonds. The molecule has 106 valence electrons. The van der Waals surface area contributed by atoms with E-state index in [1.54, 1.807) is 18.3 Å². The third-order valence-corrected chi connectivity index (χ3v) is 4.01. The van der Waals surface area contributed by atoms with Crippen molar-refractivity contribution in [2.45, 2.75) is 6.42 Å². The van der Waals surface area contributed by atoms with Gasteiger partial charge in [0.05, 0.1) is 11.9 Å². The number of halogens is 3. The van der Waals surface area contributed by atoms with E-state index in [2.05, 4.69) is 9.97 Å². The molecule has 3 rings (SSSR count). The second kappa shape index (κ2) is 6.10. The molecule has 0 aliphatic heterocycles. The zero-order valence-corrected chi connectivity index (χ0v) is 13.2. The Morgan fingerprint density at radius 1 is 0.905 bits per heavy atom. The highest BCUT2D eigenvalue weighted by atomic mass is 35.5. The third-order valence-electron chi connectivity index (χ3n) is 3.15. The fraction of sp³-hybridized carbons (Fsp3) is 0.0625. The van der Waals surface area contributed by atoms with Crippen molar-refractivity contribution in [2.75, 3.05) is 0 Å². The first kappa shape index (κ1) is 14.5. The highest BCUT2D eigenvalue weighted by Crippen LogP contribution is 2.24. The lowest BCUT2D eigenvalue weighted by Crippen LogP contribution is -1.92. The van der Waals surface area contributed by atoms with E-state index in [0.717, 1.165) is 22.6 Å². The monoisotopic (exact) mass is 336 g/mol. The van der Waals surface area contributed by atoms with Crippen LogP contribution in [0.3, 0.4) is 0 Å². The molecule has 0 fully saturated rings. The fourth-order valence-corrected chi connectivity index (χ4v) is 2.59. The molecule has 3 aromatic rings. The number of nitrogens with one attached hydrogen (secondary N) is 1. The maximum absolute atomic E-state index is 6.17. The second-order valence-corrected chi connectivity index (χ2v) is 5.94. The lowest BCUT2D eigenvalue weighted by atomic mass is 10.1. The van der Waals surface area contributed by atoms with Gasteiger partial charge in [-0.05, 0) is 41.5 Å². The Balaban J connectivity index is 1.85. The summed E-state index contributed by atoms with van der Waals surface area (Å²) in [5.74, 6) is 0.837. The molecule has 21 heavy (non-hydrogen) atoms. The summed E-state index contributed by atoms with van der Waals surface area (Å²) in [6, 6.07) is 13.0. The molecule has 0 saturated carbocycles. The Kier molecular flexibility index (Phi) is 4.20. The van der Waals surface area contributed by atoms with Gasteiger partial charge in [-0.1, -0.05) is 46.9 Å². The first-order valence-corrected chi connectivity index (χ1v) is 7.49. The number of nitrogens with zero attached hydrogens (tertiary/aromatic N) is 1. The van der Waals surface area contributed by atoms with Gasteiger partial charge >= 0.3 is 0 Å². The van der Waals surface area contributed by atoms with E-state index in [1.807, 2.05) is 30.3 Å². The lowest BCUT2D eigenvalue weighted by molar-refractivity contribution is 1.03. The van der Waals surface area contributed by atoms with Crippen molar-refractivity contribution in [2.24, 2.45) is 0 Å². The second-order valence-electron chi connectivity index (χ2n) is 4.66. The van der Waals surface area contributed by atoms with Gasteiger partial charge in [-0.15, -0.1) is 0 Å². The van der Waals surface area contributed by atoms with Gasteiger partial charge in [0.1, 0.15) is 5.82 Å². The predicted molar refractivity (Wildman–Crippen MR) is 88.3 cm³/mol. The Bertz CT molecular complexity index is 763. The number of rotatable bonds is 3. The van der Waals surface area contributed by atoms with Crippen molar-refractivity contribution >= 4 is 34.8 Å². The number of imidazole rings is 1. The van der Waals surface area contributed by atoms with Gasteiger partial charge in [-0.2, -0.15) is 0 Å². The Hall–Kier alpha value is -1.48. The molecule has 5 heteroatoms. The van der Waals surface area contributed by atoms with Crippen LogP contribution in [-0.4, -0.2) is 9.97 Å². The number of H-pyrrole nitrogens is 1. The Morgan fingerprint density at radius 2 is 1.62 bits per heavy atom. The van der Waals surface area contributed by atoms with Crippen molar-refractivity contribution in [3.63, 3.8) is 0 Å². The fourth-order valence-electron chi connectivity index (χ4n) is 2.09. The average Bonchev–Trinajstić information content (AvgIpc) is 2.92. The molecule has 1 N–H and O–H groups in total. The average molecular weight is 338 g/mol. The van der Waals surface area contributed by atoms with Gasteiger partial charge in [-0.3, -0.25) is 0 Å². The summed E-state index contributed by atoms with van der Waals surface area (Å²) in [6.45, 7) is 0. The summed E-state index contributed by atoms with van der Waals surface area (Å²) in [6.07, 6.45) is 2.41. The van der Waals surface area contributed by atoms with Crippen molar-refractivity contribution in [1.29, 1.82) is 0 Å². The van der Waals surface area contributed by atoms with Crippen LogP contribution in [-0.2, 0) is 6.42 Å². The van der Waals surface area contributed by atoms with Crippen molar-refractivity contribution in [3.05, 3.63) is 75.1 Å². The molecule has 0 aliphatic rings. The first-order chi connectivity index (χ1) is 10.1. The molecule has 1 aromatic heterocycles. The van der Waals surface area contributed by atoms with Gasteiger partial charge in [0, 0.05) is 21.5 Å². The summed E-state index contributed by atoms with van der Waals surface area (Å²) in [5, 5.41) is 2.06. The van der Waals surface area contributed by atoms with E-state index < -0.39 is 0 Å². The van der Waals surface area contributed by atoms with Gasteiger partial charge in [-0.25, -0.2) is 4.98 Å². The lowest BCUT2D eigenvalue weighted by Gasteiger charge is -2.03. The summed E-state index contributed by atoms with van der Waals surface area (Å²) >= 11 is 18.1. The van der Waals surface area contributed by atoms with Gasteiger partial charge in [0.25, 0.3) is 0 Å². The molecule has 0 spiro atoms. The zero-order chi connectivity index (χ0) is 14.8. The summed E-state index contributed by atoms with van der Waals surface area (Å²) in [5.41, 5.74) is 2.93. The normalized spacial score (nSPS) is 10.8. The van der Waals surface area contributed by atoms with Crippen molar-refractivity contribution < 1.29 is 0 Å². The van der Waals surface area contributed by atoms with E-state index in [9.17, 15) is 0 Å². The smallest absolute Gasteiger partial charge is 0.110 e. The van der Waals surface area contributed by atoms with Crippen LogP contribution in [0.4, 0.5) is 0 Å². The number of hydrogen-bond acceptors (Lipinski definition) is 1. The van der Waals surface area contributed by atoms with Crippen molar-refractivity contribution in [3.8, 4) is 11.3 Å². The van der Waals surface area contributed by atoms with E-state index in [-0.39, 0.29) is 0 Å². The largest absolute Gasteiger partial charge is 0.342 e. The van der Waals surface area contributed by atoms with Crippen LogP contribution in [0.25, 0.3) is 11.3 Å². The maximum atomic E-state index is 6.17. The van der Waals surface area contributed by atoms with Crippen LogP contribution in [0.5, 0.6) is 0 Å². The number of hydrogen-bond donors (Lipinski definition) is 1. The van der Waals surface area contributed by atoms with Crippen molar-refractivity contribution in [1.82, 2.24) is 9.97 Å². The highest BCUT2D eigenvalue weighted by Gasteiger charge is 2.07. The van der Waals surface area contributed by atoms with Crippen LogP contribution in [0, 0.1) is 0 Å². The Morgan fingerprint density at radius 3 is 2.38 bits per heavy atom. The summed E-state index contributed by atoms with van der Waals surface area (Å²) < 4.78 is 0. The topological polar surface area (TPSA) is 28.7 Å². The molecule has 0 radical (unpaired) electrons. The first-order valence-electron chi connectivity index (χ1n) is 6.35. The predicted octanol–water partition coefficient (Wildman–Crippen LogP) is 5.63. The quantitative estimate of drug-likeness (QED) is 0.659. The zero-order valence-electron chi connectivity index (χ0n) is 10.9. The van der Waals surface area contributed by atoms with Gasteiger partial charge in [0.2, 0.25) is 0 Å². The number of aromatic amines is 1. The molecule has 0 unspecified atom stereocenters. The molecule has 2 nitrogen and oxygen atoms in total. The van der Waals surface area contributed by atoms with Gasteiger partial charge < -0.3 is 4.98 Å². The molecule has 0 saturated heterocycles. The molecule has 1 heterocycles. The standard InChI is InChI=1S/C16H11Cl3N2/c17-12-3-1-10(2-4-12)15-9-20-16(21-15)8-11-7-13(18)5-6-14(11)19/h1-7,9H,8H2,(H,20,21). The van der Waals surface area contributed by atoms with E-state index in [4.69, 9.17) is 34.8 Å². The minimum atomic E-state index is 0.604. The summed E-state index contributed by atoms with van der Waals surface area (Å²) in [7, 11) is 0. The molecule has 0 bridgehead atoms. The minimum absolute atomic E-state index is 0.604. The van der Waals surface area contributed by atoms with E-state index >= 15 is 0 Å². The van der Waals surface area contributed by atoms with Crippen LogP contribution in [0.1, 0.15) is 11.4 Å². The Labute approximate surface area is 137 Å². The van der Waals surface area contributed by atoms with E-state index in [0.29, 0.717) is 21.5 Å². The minimum Gasteiger partial charge on any atom is -0.342 e. The number of aromatic nitrogens is 2. The molecule has 0 aliphatic carbocycles. The third kappa shape index (κ3) is 3.41. The van der Waals surface area contributed by atoms with Crippen LogP contribution < -0.4 is 0 Å². The van der Waals surface area contributed by atoms with Crippen LogP contribution in [0.2, 0.25) is 15.1 Å². The molecule has 0 atom stereocenters. The molecule has 2 aromatic carbocycles. The SMILES string of the molecule is Clc1ccc(-c2cnc(Cc3cc(Cl)ccc3Cl)[nH]2)cc1. The maximum Gasteiger partial charge on any atom is 0.110 e. The molecular formula is C16H11Cl3N2. The molecular weight excluding hydrogens is 327 g/mol. The van der Waals surface area contributed by atoms with E-state index in [1.165, 1.54) is 0 Å². The number of benzene rings is 2. The van der Waals surface area contributed by atoms with Crippen LogP contribution >= 0.6 is 34.8 Å². The summed E-state index contributed by atoms with van der Waals surface area (Å²) in [4.78, 5) is 7.68. The van der Waals surface area contributed by atoms with Gasteiger partial charge in [0.15, 0.2) is 0 Å².